The summed E-state index contributed by atoms with van der Waals surface area (Å²) in [5.41, 5.74) is 2.75. The van der Waals surface area contributed by atoms with Crippen molar-refractivity contribution >= 4 is 0 Å². The van der Waals surface area contributed by atoms with Gasteiger partial charge >= 0.3 is 0 Å². The molecule has 0 saturated carbocycles. The molecule has 6 heteroatoms. The molecular weight excluding hydrogens is 210 g/mol. The molecule has 0 atom stereocenters. The number of hydrogen-bond acceptors (Lipinski definition) is 6. The molecular formula is C10H23N3O3. The number of ether oxygens (including phenoxy) is 2. The monoisotopic (exact) mass is 233 g/mol. The van der Waals surface area contributed by atoms with E-state index in [-0.39, 0.29) is 6.61 Å². The van der Waals surface area contributed by atoms with Crippen molar-refractivity contribution in [2.45, 2.75) is 12.5 Å². The van der Waals surface area contributed by atoms with E-state index in [0.717, 1.165) is 32.7 Å². The van der Waals surface area contributed by atoms with Crippen molar-refractivity contribution in [3.63, 3.8) is 0 Å². The average molecular weight is 233 g/mol. The molecule has 0 aromatic rings. The van der Waals surface area contributed by atoms with Gasteiger partial charge in [0.25, 0.3) is 0 Å². The quantitative estimate of drug-likeness (QED) is 0.243. The van der Waals surface area contributed by atoms with Crippen LogP contribution in [0.25, 0.3) is 0 Å². The summed E-state index contributed by atoms with van der Waals surface area (Å²) < 4.78 is 10.4. The van der Waals surface area contributed by atoms with Crippen LogP contribution in [0.15, 0.2) is 0 Å². The Labute approximate surface area is 96.7 Å². The van der Waals surface area contributed by atoms with Crippen molar-refractivity contribution in [3.05, 3.63) is 0 Å². The van der Waals surface area contributed by atoms with Crippen molar-refractivity contribution in [1.29, 1.82) is 0 Å². The predicted molar refractivity (Wildman–Crippen MR) is 60.9 cm³/mol. The lowest BCUT2D eigenvalue weighted by Crippen LogP contribution is -2.59. The van der Waals surface area contributed by atoms with Gasteiger partial charge in [0.05, 0.1) is 26.4 Å². The minimum absolute atomic E-state index is 0.0747. The smallest absolute Gasteiger partial charge is 0.0701 e. The lowest BCUT2D eigenvalue weighted by Gasteiger charge is -2.38. The van der Waals surface area contributed by atoms with E-state index < -0.39 is 0 Å². The molecule has 1 rings (SSSR count). The van der Waals surface area contributed by atoms with Crippen molar-refractivity contribution in [3.8, 4) is 0 Å². The van der Waals surface area contributed by atoms with Crippen LogP contribution >= 0.6 is 0 Å². The standard InChI is InChI=1S/C10H23N3O3/c11-12-10-8-13(9-10)2-1-4-15-6-7-16-5-3-14/h10,12,14H,1-9,11H2. The number of hydrogen-bond donors (Lipinski definition) is 3. The van der Waals surface area contributed by atoms with E-state index >= 15 is 0 Å². The highest BCUT2D eigenvalue weighted by Gasteiger charge is 2.24. The van der Waals surface area contributed by atoms with Crippen molar-refractivity contribution in [2.75, 3.05) is 52.7 Å². The topological polar surface area (TPSA) is 80.0 Å². The molecule has 4 N–H and O–H groups in total. The maximum absolute atomic E-state index is 8.46. The van der Waals surface area contributed by atoms with Gasteiger partial charge in [-0.15, -0.1) is 0 Å². The number of aliphatic hydroxyl groups is 1. The third kappa shape index (κ3) is 5.74. The Morgan fingerprint density at radius 3 is 2.50 bits per heavy atom. The first kappa shape index (κ1) is 13.8. The first-order valence-corrected chi connectivity index (χ1v) is 5.81. The summed E-state index contributed by atoms with van der Waals surface area (Å²) in [7, 11) is 0. The van der Waals surface area contributed by atoms with Crippen LogP contribution in [-0.4, -0.2) is 68.7 Å². The lowest BCUT2D eigenvalue weighted by molar-refractivity contribution is 0.0276. The van der Waals surface area contributed by atoms with E-state index in [0.29, 0.717) is 25.9 Å². The maximum atomic E-state index is 8.46. The molecule has 0 bridgehead atoms. The number of nitrogens with zero attached hydrogens (tertiary/aromatic N) is 1. The van der Waals surface area contributed by atoms with E-state index in [9.17, 15) is 0 Å². The Morgan fingerprint density at radius 2 is 1.88 bits per heavy atom. The third-order valence-corrected chi connectivity index (χ3v) is 2.56. The molecule has 1 saturated heterocycles. The largest absolute Gasteiger partial charge is 0.394 e. The molecule has 1 aliphatic heterocycles. The number of likely N-dealkylation sites (tertiary alicyclic amines) is 1. The van der Waals surface area contributed by atoms with Gasteiger partial charge in [0.2, 0.25) is 0 Å². The highest BCUT2D eigenvalue weighted by atomic mass is 16.5. The molecule has 0 unspecified atom stereocenters. The Morgan fingerprint density at radius 1 is 1.19 bits per heavy atom. The number of rotatable bonds is 10. The second-order valence-corrected chi connectivity index (χ2v) is 3.93. The van der Waals surface area contributed by atoms with Gasteiger partial charge in [0.15, 0.2) is 0 Å². The van der Waals surface area contributed by atoms with Crippen LogP contribution in [-0.2, 0) is 9.47 Å². The Bertz CT molecular complexity index is 165. The van der Waals surface area contributed by atoms with Crippen LogP contribution in [0.5, 0.6) is 0 Å². The molecule has 0 radical (unpaired) electrons. The minimum atomic E-state index is 0.0747. The summed E-state index contributed by atoms with van der Waals surface area (Å²) in [5.74, 6) is 5.30. The fourth-order valence-corrected chi connectivity index (χ4v) is 1.63. The predicted octanol–water partition coefficient (Wildman–Crippen LogP) is -1.45. The van der Waals surface area contributed by atoms with Gasteiger partial charge in [0.1, 0.15) is 0 Å². The van der Waals surface area contributed by atoms with Gasteiger partial charge in [0, 0.05) is 32.3 Å². The van der Waals surface area contributed by atoms with Crippen LogP contribution in [0.4, 0.5) is 0 Å². The summed E-state index contributed by atoms with van der Waals surface area (Å²) in [4.78, 5) is 2.34. The summed E-state index contributed by atoms with van der Waals surface area (Å²) >= 11 is 0. The lowest BCUT2D eigenvalue weighted by atomic mass is 10.1. The van der Waals surface area contributed by atoms with Crippen LogP contribution in [0.3, 0.4) is 0 Å². The third-order valence-electron chi connectivity index (χ3n) is 2.56. The summed E-state index contributed by atoms with van der Waals surface area (Å²) in [6.45, 7) is 5.54. The van der Waals surface area contributed by atoms with E-state index in [1.807, 2.05) is 0 Å². The number of nitrogens with one attached hydrogen (secondary N) is 1. The molecule has 16 heavy (non-hydrogen) atoms. The van der Waals surface area contributed by atoms with Crippen LogP contribution in [0.1, 0.15) is 6.42 Å². The summed E-state index contributed by atoms with van der Waals surface area (Å²) in [6.07, 6.45) is 1.04. The van der Waals surface area contributed by atoms with E-state index in [4.69, 9.17) is 20.4 Å². The summed E-state index contributed by atoms with van der Waals surface area (Å²) in [5, 5.41) is 8.46. The maximum Gasteiger partial charge on any atom is 0.0701 e. The Hall–Kier alpha value is -0.240. The van der Waals surface area contributed by atoms with Gasteiger partial charge in [-0.2, -0.15) is 0 Å². The highest BCUT2D eigenvalue weighted by Crippen LogP contribution is 2.06. The number of hydrazine groups is 1. The summed E-state index contributed by atoms with van der Waals surface area (Å²) in [6, 6.07) is 0.466. The zero-order valence-corrected chi connectivity index (χ0v) is 9.73. The van der Waals surface area contributed by atoms with E-state index in [1.54, 1.807) is 0 Å². The fraction of sp³-hybridized carbons (Fsp3) is 1.00. The molecule has 0 aromatic carbocycles. The Balaban J connectivity index is 1.72. The molecule has 1 aliphatic rings. The first-order chi connectivity index (χ1) is 7.86. The molecule has 0 aromatic heterocycles. The fourth-order valence-electron chi connectivity index (χ4n) is 1.63. The molecule has 1 heterocycles. The molecule has 0 spiro atoms. The normalized spacial score (nSPS) is 17.6. The molecule has 0 amide bonds. The second kappa shape index (κ2) is 8.86. The van der Waals surface area contributed by atoms with Gasteiger partial charge in [-0.25, -0.2) is 0 Å². The van der Waals surface area contributed by atoms with Gasteiger partial charge in [-0.3, -0.25) is 16.2 Å². The Kier molecular flexibility index (Phi) is 7.65. The van der Waals surface area contributed by atoms with Gasteiger partial charge < -0.3 is 14.6 Å². The van der Waals surface area contributed by atoms with Crippen molar-refractivity contribution < 1.29 is 14.6 Å². The van der Waals surface area contributed by atoms with Gasteiger partial charge in [-0.05, 0) is 6.42 Å². The molecule has 96 valence electrons. The minimum Gasteiger partial charge on any atom is -0.394 e. The van der Waals surface area contributed by atoms with Gasteiger partial charge in [-0.1, -0.05) is 0 Å². The number of aliphatic hydroxyl groups excluding tert-OH is 1. The molecule has 0 aliphatic carbocycles. The first-order valence-electron chi connectivity index (χ1n) is 5.81. The van der Waals surface area contributed by atoms with Crippen LogP contribution in [0, 0.1) is 0 Å². The van der Waals surface area contributed by atoms with E-state index in [2.05, 4.69) is 10.3 Å². The van der Waals surface area contributed by atoms with E-state index in [1.165, 1.54) is 0 Å². The zero-order chi connectivity index (χ0) is 11.6. The second-order valence-electron chi connectivity index (χ2n) is 3.93. The van der Waals surface area contributed by atoms with Crippen molar-refractivity contribution in [1.82, 2.24) is 10.3 Å². The van der Waals surface area contributed by atoms with Crippen LogP contribution in [0.2, 0.25) is 0 Å². The zero-order valence-electron chi connectivity index (χ0n) is 9.73. The SMILES string of the molecule is NNC1CN(CCCOCCOCCO)C1. The average Bonchev–Trinajstić information content (AvgIpc) is 2.24. The van der Waals surface area contributed by atoms with Crippen molar-refractivity contribution in [2.24, 2.45) is 5.84 Å². The van der Waals surface area contributed by atoms with Crippen LogP contribution < -0.4 is 11.3 Å². The molecule has 1 fully saturated rings. The molecule has 6 nitrogen and oxygen atoms in total. The number of nitrogens with two attached hydrogens (primary N) is 1. The highest BCUT2D eigenvalue weighted by molar-refractivity contribution is 4.83.